The van der Waals surface area contributed by atoms with Crippen LogP contribution in [-0.4, -0.2) is 22.9 Å². The first kappa shape index (κ1) is 14.5. The van der Waals surface area contributed by atoms with Crippen LogP contribution in [0.15, 0.2) is 28.7 Å². The van der Waals surface area contributed by atoms with E-state index in [4.69, 9.17) is 16.6 Å². The van der Waals surface area contributed by atoms with Gasteiger partial charge in [0.05, 0.1) is 13.1 Å². The van der Waals surface area contributed by atoms with E-state index in [1.807, 2.05) is 16.8 Å². The lowest BCUT2D eigenvalue weighted by Crippen LogP contribution is -3.12. The van der Waals surface area contributed by atoms with Gasteiger partial charge in [-0.2, -0.15) is 4.68 Å². The molecule has 0 saturated carbocycles. The molecule has 112 valence electrons. The van der Waals surface area contributed by atoms with E-state index < -0.39 is 0 Å². The standard InChI is InChI=1S/C16H21N3OS/c1-12-3-5-14(6-4-12)15-17-19(16(21)20-15)11-18-9-7-13(2)8-10-18/h3-6,13H,7-11H2,1-2H3/p+1. The topological polar surface area (TPSA) is 35.4 Å². The monoisotopic (exact) mass is 304 g/mol. The van der Waals surface area contributed by atoms with Crippen molar-refractivity contribution in [3.8, 4) is 11.5 Å². The number of nitrogens with one attached hydrogen (secondary N) is 1. The molecule has 0 bridgehead atoms. The highest BCUT2D eigenvalue weighted by Crippen LogP contribution is 2.18. The summed E-state index contributed by atoms with van der Waals surface area (Å²) >= 11 is 5.31. The molecule has 1 N–H and O–H groups in total. The Bertz CT molecular complexity index is 651. The van der Waals surface area contributed by atoms with Crippen molar-refractivity contribution < 1.29 is 9.32 Å². The summed E-state index contributed by atoms with van der Waals surface area (Å²) in [4.78, 5) is 2.00. The first-order chi connectivity index (χ1) is 10.1. The molecule has 1 aromatic heterocycles. The summed E-state index contributed by atoms with van der Waals surface area (Å²) in [6.07, 6.45) is 2.57. The predicted octanol–water partition coefficient (Wildman–Crippen LogP) is 2.45. The smallest absolute Gasteiger partial charge is 0.292 e. The molecule has 1 aromatic carbocycles. The normalized spacial score (nSPS) is 22.4. The van der Waals surface area contributed by atoms with Gasteiger partial charge < -0.3 is 9.32 Å². The molecule has 2 heterocycles. The molecule has 1 aliphatic rings. The molecule has 0 spiro atoms. The highest BCUT2D eigenvalue weighted by atomic mass is 32.1. The van der Waals surface area contributed by atoms with Crippen molar-refractivity contribution in [3.63, 3.8) is 0 Å². The van der Waals surface area contributed by atoms with Gasteiger partial charge >= 0.3 is 0 Å². The molecule has 1 aliphatic heterocycles. The molecule has 3 rings (SSSR count). The Morgan fingerprint density at radius 1 is 1.29 bits per heavy atom. The fraction of sp³-hybridized carbons (Fsp3) is 0.500. The van der Waals surface area contributed by atoms with Crippen LogP contribution in [0.1, 0.15) is 25.3 Å². The second kappa shape index (κ2) is 6.12. The highest BCUT2D eigenvalue weighted by Gasteiger charge is 2.20. The summed E-state index contributed by atoms with van der Waals surface area (Å²) in [7, 11) is 0. The van der Waals surface area contributed by atoms with Crippen LogP contribution in [-0.2, 0) is 6.67 Å². The largest absolute Gasteiger partial charge is 0.409 e. The number of hydrogen-bond acceptors (Lipinski definition) is 3. The van der Waals surface area contributed by atoms with E-state index >= 15 is 0 Å². The third kappa shape index (κ3) is 3.41. The lowest BCUT2D eigenvalue weighted by Gasteiger charge is -2.26. The molecule has 0 radical (unpaired) electrons. The Labute approximate surface area is 130 Å². The summed E-state index contributed by atoms with van der Waals surface area (Å²) < 4.78 is 7.49. The van der Waals surface area contributed by atoms with Crippen molar-refractivity contribution >= 4 is 12.2 Å². The van der Waals surface area contributed by atoms with Crippen molar-refractivity contribution in [2.75, 3.05) is 13.1 Å². The van der Waals surface area contributed by atoms with Gasteiger partial charge in [-0.05, 0) is 50.0 Å². The van der Waals surface area contributed by atoms with Crippen molar-refractivity contribution in [2.45, 2.75) is 33.4 Å². The fourth-order valence-corrected chi connectivity index (χ4v) is 2.94. The van der Waals surface area contributed by atoms with E-state index in [0.717, 1.165) is 18.2 Å². The van der Waals surface area contributed by atoms with Crippen molar-refractivity contribution in [1.82, 2.24) is 9.78 Å². The number of piperidine rings is 1. The van der Waals surface area contributed by atoms with Crippen molar-refractivity contribution in [3.05, 3.63) is 34.7 Å². The first-order valence-corrected chi connectivity index (χ1v) is 8.01. The molecule has 5 heteroatoms. The minimum atomic E-state index is 0.469. The van der Waals surface area contributed by atoms with E-state index in [1.54, 1.807) is 0 Å². The number of aryl methyl sites for hydroxylation is 1. The third-order valence-electron chi connectivity index (χ3n) is 4.26. The number of hydrogen-bond donors (Lipinski definition) is 1. The predicted molar refractivity (Wildman–Crippen MR) is 84.6 cm³/mol. The Morgan fingerprint density at radius 3 is 2.62 bits per heavy atom. The summed E-state index contributed by atoms with van der Waals surface area (Å²) in [5, 5.41) is 4.55. The van der Waals surface area contributed by atoms with E-state index in [1.165, 1.54) is 36.4 Å². The number of benzene rings is 1. The van der Waals surface area contributed by atoms with Crippen molar-refractivity contribution in [2.24, 2.45) is 5.92 Å². The second-order valence-corrected chi connectivity index (χ2v) is 6.48. The number of rotatable bonds is 3. The first-order valence-electron chi connectivity index (χ1n) is 7.60. The molecular formula is C16H22N3OS+. The summed E-state index contributed by atoms with van der Waals surface area (Å²) in [6, 6.07) is 8.17. The summed E-state index contributed by atoms with van der Waals surface area (Å²) in [6.45, 7) is 7.58. The molecule has 0 unspecified atom stereocenters. The third-order valence-corrected chi connectivity index (χ3v) is 4.55. The van der Waals surface area contributed by atoms with E-state index in [-0.39, 0.29) is 0 Å². The maximum absolute atomic E-state index is 5.66. The zero-order chi connectivity index (χ0) is 14.8. The van der Waals surface area contributed by atoms with Gasteiger partial charge in [-0.25, -0.2) is 0 Å². The zero-order valence-electron chi connectivity index (χ0n) is 12.6. The van der Waals surface area contributed by atoms with Crippen molar-refractivity contribution in [1.29, 1.82) is 0 Å². The Kier molecular flexibility index (Phi) is 4.22. The lowest BCUT2D eigenvalue weighted by molar-refractivity contribution is -0.929. The Hall–Kier alpha value is -1.46. The highest BCUT2D eigenvalue weighted by molar-refractivity contribution is 7.71. The second-order valence-electron chi connectivity index (χ2n) is 6.13. The molecule has 1 saturated heterocycles. The van der Waals surface area contributed by atoms with Crippen LogP contribution in [0.3, 0.4) is 0 Å². The molecule has 1 fully saturated rings. The van der Waals surface area contributed by atoms with Gasteiger partial charge in [0, 0.05) is 5.56 Å². The van der Waals surface area contributed by atoms with Crippen LogP contribution in [0.5, 0.6) is 0 Å². The fourth-order valence-electron chi connectivity index (χ4n) is 2.76. The van der Waals surface area contributed by atoms with Crippen LogP contribution in [0, 0.1) is 17.7 Å². The maximum Gasteiger partial charge on any atom is 0.292 e. The lowest BCUT2D eigenvalue weighted by atomic mass is 10.00. The summed E-state index contributed by atoms with van der Waals surface area (Å²) in [5.41, 5.74) is 2.20. The SMILES string of the molecule is Cc1ccc(-c2nn(C[NH+]3CCC(C)CC3)c(=S)o2)cc1. The van der Waals surface area contributed by atoms with Gasteiger partial charge in [-0.1, -0.05) is 24.6 Å². The van der Waals surface area contributed by atoms with Gasteiger partial charge in [0.25, 0.3) is 4.84 Å². The molecule has 0 amide bonds. The van der Waals surface area contributed by atoms with Gasteiger partial charge in [0.2, 0.25) is 5.89 Å². The summed E-state index contributed by atoms with van der Waals surface area (Å²) in [5.74, 6) is 1.46. The van der Waals surface area contributed by atoms with Gasteiger partial charge in [-0.3, -0.25) is 0 Å². The Balaban J connectivity index is 1.75. The number of likely N-dealkylation sites (tertiary alicyclic amines) is 1. The Morgan fingerprint density at radius 2 is 1.95 bits per heavy atom. The van der Waals surface area contributed by atoms with Crippen LogP contribution in [0.2, 0.25) is 0 Å². The molecule has 21 heavy (non-hydrogen) atoms. The number of quaternary nitrogens is 1. The van der Waals surface area contributed by atoms with Gasteiger partial charge in [0.1, 0.15) is 0 Å². The van der Waals surface area contributed by atoms with Crippen LogP contribution in [0.4, 0.5) is 0 Å². The van der Waals surface area contributed by atoms with Crippen LogP contribution < -0.4 is 4.90 Å². The molecule has 2 aromatic rings. The molecule has 4 nitrogen and oxygen atoms in total. The zero-order valence-corrected chi connectivity index (χ0v) is 13.4. The maximum atomic E-state index is 5.66. The van der Waals surface area contributed by atoms with E-state index in [9.17, 15) is 0 Å². The van der Waals surface area contributed by atoms with E-state index in [0.29, 0.717) is 10.7 Å². The van der Waals surface area contributed by atoms with Gasteiger partial charge in [0.15, 0.2) is 6.67 Å². The molecule has 0 atom stereocenters. The van der Waals surface area contributed by atoms with Gasteiger partial charge in [-0.15, -0.1) is 5.10 Å². The minimum absolute atomic E-state index is 0.469. The quantitative estimate of drug-likeness (QED) is 0.885. The number of nitrogens with zero attached hydrogens (tertiary/aromatic N) is 2. The van der Waals surface area contributed by atoms with E-state index in [2.05, 4.69) is 31.1 Å². The molecular weight excluding hydrogens is 282 g/mol. The number of aromatic nitrogens is 2. The minimum Gasteiger partial charge on any atom is -0.409 e. The average molecular weight is 304 g/mol. The van der Waals surface area contributed by atoms with Crippen LogP contribution in [0.25, 0.3) is 11.5 Å². The van der Waals surface area contributed by atoms with Crippen LogP contribution >= 0.6 is 12.2 Å². The molecule has 0 aliphatic carbocycles. The average Bonchev–Trinajstić information content (AvgIpc) is 2.83.